The molecule has 16 heavy (non-hydrogen) atoms. The fraction of sp³-hybridized carbons (Fsp3) is 0.545. The van der Waals surface area contributed by atoms with Crippen molar-refractivity contribution in [3.05, 3.63) is 17.9 Å². The van der Waals surface area contributed by atoms with Crippen molar-refractivity contribution in [3.8, 4) is 5.95 Å². The SMILES string of the molecule is CCOc1ccc(C(=O)N2CCNCC2)o1. The third-order valence-corrected chi connectivity index (χ3v) is 2.48. The molecule has 0 unspecified atom stereocenters. The van der Waals surface area contributed by atoms with Gasteiger partial charge in [0.15, 0.2) is 5.76 Å². The van der Waals surface area contributed by atoms with Crippen LogP contribution in [0, 0.1) is 0 Å². The maximum atomic E-state index is 12.0. The molecule has 5 nitrogen and oxygen atoms in total. The third-order valence-electron chi connectivity index (χ3n) is 2.48. The molecule has 1 saturated heterocycles. The van der Waals surface area contributed by atoms with Crippen molar-refractivity contribution in [1.82, 2.24) is 10.2 Å². The summed E-state index contributed by atoms with van der Waals surface area (Å²) in [5.74, 6) is 0.693. The van der Waals surface area contributed by atoms with Crippen LogP contribution in [-0.2, 0) is 0 Å². The van der Waals surface area contributed by atoms with E-state index in [4.69, 9.17) is 9.15 Å². The van der Waals surface area contributed by atoms with Crippen LogP contribution in [0.1, 0.15) is 17.5 Å². The van der Waals surface area contributed by atoms with Gasteiger partial charge in [-0.1, -0.05) is 0 Å². The molecule has 0 bridgehead atoms. The van der Waals surface area contributed by atoms with E-state index in [1.807, 2.05) is 6.92 Å². The summed E-state index contributed by atoms with van der Waals surface area (Å²) in [6, 6.07) is 3.34. The van der Waals surface area contributed by atoms with E-state index in [0.29, 0.717) is 18.3 Å². The molecule has 0 aliphatic carbocycles. The summed E-state index contributed by atoms with van der Waals surface area (Å²) >= 11 is 0. The number of nitrogens with zero attached hydrogens (tertiary/aromatic N) is 1. The Morgan fingerprint density at radius 2 is 2.25 bits per heavy atom. The van der Waals surface area contributed by atoms with E-state index in [9.17, 15) is 4.79 Å². The van der Waals surface area contributed by atoms with Gasteiger partial charge in [-0.3, -0.25) is 4.79 Å². The number of furan rings is 1. The minimum atomic E-state index is -0.0625. The number of rotatable bonds is 3. The van der Waals surface area contributed by atoms with Crippen molar-refractivity contribution in [3.63, 3.8) is 0 Å². The number of amides is 1. The van der Waals surface area contributed by atoms with Crippen molar-refractivity contribution in [2.75, 3.05) is 32.8 Å². The van der Waals surface area contributed by atoms with E-state index in [1.165, 1.54) is 0 Å². The molecule has 0 spiro atoms. The average Bonchev–Trinajstić information content (AvgIpc) is 2.78. The second-order valence-corrected chi connectivity index (χ2v) is 3.59. The summed E-state index contributed by atoms with van der Waals surface area (Å²) in [7, 11) is 0. The highest BCUT2D eigenvalue weighted by Gasteiger charge is 2.20. The molecule has 1 aromatic rings. The van der Waals surface area contributed by atoms with Crippen molar-refractivity contribution in [1.29, 1.82) is 0 Å². The summed E-state index contributed by atoms with van der Waals surface area (Å²) in [5.41, 5.74) is 0. The van der Waals surface area contributed by atoms with Crippen molar-refractivity contribution < 1.29 is 13.9 Å². The molecule has 0 atom stereocenters. The van der Waals surface area contributed by atoms with Gasteiger partial charge in [0.2, 0.25) is 0 Å². The minimum Gasteiger partial charge on any atom is -0.465 e. The van der Waals surface area contributed by atoms with Crippen LogP contribution in [0.15, 0.2) is 16.5 Å². The molecule has 2 rings (SSSR count). The number of ether oxygens (including phenoxy) is 1. The Bertz CT molecular complexity index is 356. The van der Waals surface area contributed by atoms with Gasteiger partial charge < -0.3 is 19.4 Å². The van der Waals surface area contributed by atoms with Crippen LogP contribution in [0.25, 0.3) is 0 Å². The molecule has 1 amide bonds. The first kappa shape index (κ1) is 11.0. The fourth-order valence-electron chi connectivity index (χ4n) is 1.68. The standard InChI is InChI=1S/C11H16N2O3/c1-2-15-10-4-3-9(16-10)11(14)13-7-5-12-6-8-13/h3-4,12H,2,5-8H2,1H3. The first-order valence-corrected chi connectivity index (χ1v) is 5.54. The second-order valence-electron chi connectivity index (χ2n) is 3.59. The lowest BCUT2D eigenvalue weighted by Gasteiger charge is -2.26. The molecule has 0 radical (unpaired) electrons. The number of hydrogen-bond acceptors (Lipinski definition) is 4. The van der Waals surface area contributed by atoms with E-state index in [1.54, 1.807) is 17.0 Å². The Kier molecular flexibility index (Phi) is 3.46. The van der Waals surface area contributed by atoms with E-state index >= 15 is 0 Å². The van der Waals surface area contributed by atoms with Crippen LogP contribution in [-0.4, -0.2) is 43.6 Å². The lowest BCUT2D eigenvalue weighted by molar-refractivity contribution is 0.0695. The summed E-state index contributed by atoms with van der Waals surface area (Å²) < 4.78 is 10.5. The second kappa shape index (κ2) is 5.03. The number of piperazine rings is 1. The highest BCUT2D eigenvalue weighted by Crippen LogP contribution is 2.17. The summed E-state index contributed by atoms with van der Waals surface area (Å²) in [5, 5.41) is 3.20. The first-order valence-electron chi connectivity index (χ1n) is 5.54. The molecule has 5 heteroatoms. The zero-order chi connectivity index (χ0) is 11.4. The van der Waals surface area contributed by atoms with E-state index in [0.717, 1.165) is 26.2 Å². The van der Waals surface area contributed by atoms with E-state index in [2.05, 4.69) is 5.32 Å². The summed E-state index contributed by atoms with van der Waals surface area (Å²) in [4.78, 5) is 13.7. The van der Waals surface area contributed by atoms with Gasteiger partial charge in [-0.15, -0.1) is 0 Å². The fourth-order valence-corrected chi connectivity index (χ4v) is 1.68. The Morgan fingerprint density at radius 1 is 1.50 bits per heavy atom. The highest BCUT2D eigenvalue weighted by atomic mass is 16.6. The Morgan fingerprint density at radius 3 is 2.94 bits per heavy atom. The van der Waals surface area contributed by atoms with Gasteiger partial charge in [-0.05, 0) is 13.0 Å². The molecule has 1 fully saturated rings. The van der Waals surface area contributed by atoms with Gasteiger partial charge in [0, 0.05) is 32.2 Å². The van der Waals surface area contributed by atoms with Crippen LogP contribution >= 0.6 is 0 Å². The highest BCUT2D eigenvalue weighted by molar-refractivity contribution is 5.91. The molecule has 1 aliphatic heterocycles. The molecule has 2 heterocycles. The molecular weight excluding hydrogens is 208 g/mol. The molecule has 1 N–H and O–H groups in total. The molecule has 88 valence electrons. The zero-order valence-electron chi connectivity index (χ0n) is 9.36. The van der Waals surface area contributed by atoms with Crippen LogP contribution in [0.3, 0.4) is 0 Å². The summed E-state index contributed by atoms with van der Waals surface area (Å²) in [6.07, 6.45) is 0. The van der Waals surface area contributed by atoms with Crippen LogP contribution in [0.5, 0.6) is 5.95 Å². The van der Waals surface area contributed by atoms with E-state index < -0.39 is 0 Å². The van der Waals surface area contributed by atoms with Crippen molar-refractivity contribution in [2.24, 2.45) is 0 Å². The van der Waals surface area contributed by atoms with Crippen LogP contribution < -0.4 is 10.1 Å². The van der Waals surface area contributed by atoms with Gasteiger partial charge in [-0.2, -0.15) is 0 Å². The van der Waals surface area contributed by atoms with Crippen LogP contribution in [0.2, 0.25) is 0 Å². The largest absolute Gasteiger partial charge is 0.465 e. The summed E-state index contributed by atoms with van der Waals surface area (Å²) in [6.45, 7) is 5.54. The lowest BCUT2D eigenvalue weighted by atomic mass is 10.3. The number of nitrogens with one attached hydrogen (secondary N) is 1. The first-order chi connectivity index (χ1) is 7.81. The third kappa shape index (κ3) is 2.36. The number of carbonyl (C=O) groups is 1. The molecule has 1 aromatic heterocycles. The molecule has 0 aromatic carbocycles. The Balaban J connectivity index is 2.01. The monoisotopic (exact) mass is 224 g/mol. The Labute approximate surface area is 94.4 Å². The van der Waals surface area contributed by atoms with Crippen molar-refractivity contribution in [2.45, 2.75) is 6.92 Å². The van der Waals surface area contributed by atoms with Gasteiger partial charge in [0.1, 0.15) is 0 Å². The van der Waals surface area contributed by atoms with Gasteiger partial charge in [-0.25, -0.2) is 0 Å². The van der Waals surface area contributed by atoms with E-state index in [-0.39, 0.29) is 5.91 Å². The average molecular weight is 224 g/mol. The normalized spacial score (nSPS) is 16.2. The number of carbonyl (C=O) groups excluding carboxylic acids is 1. The predicted molar refractivity (Wildman–Crippen MR) is 58.7 cm³/mol. The predicted octanol–water partition coefficient (Wildman–Crippen LogP) is 0.724. The zero-order valence-corrected chi connectivity index (χ0v) is 9.36. The maximum absolute atomic E-state index is 12.0. The maximum Gasteiger partial charge on any atom is 0.289 e. The molecular formula is C11H16N2O3. The lowest BCUT2D eigenvalue weighted by Crippen LogP contribution is -2.46. The number of hydrogen-bond donors (Lipinski definition) is 1. The van der Waals surface area contributed by atoms with Gasteiger partial charge in [0.05, 0.1) is 6.61 Å². The Hall–Kier alpha value is -1.49. The van der Waals surface area contributed by atoms with Crippen molar-refractivity contribution >= 4 is 5.91 Å². The van der Waals surface area contributed by atoms with Gasteiger partial charge in [0.25, 0.3) is 11.9 Å². The molecule has 1 aliphatic rings. The van der Waals surface area contributed by atoms with Gasteiger partial charge >= 0.3 is 0 Å². The smallest absolute Gasteiger partial charge is 0.289 e. The quantitative estimate of drug-likeness (QED) is 0.822. The van der Waals surface area contributed by atoms with Crippen LogP contribution in [0.4, 0.5) is 0 Å². The topological polar surface area (TPSA) is 54.7 Å². The minimum absolute atomic E-state index is 0.0625. The molecule has 0 saturated carbocycles.